The molecule has 0 aliphatic carbocycles. The van der Waals surface area contributed by atoms with Crippen molar-refractivity contribution < 1.29 is 13.6 Å². The van der Waals surface area contributed by atoms with E-state index >= 15 is 0 Å². The van der Waals surface area contributed by atoms with Crippen LogP contribution in [0, 0.1) is 11.6 Å². The van der Waals surface area contributed by atoms with Gasteiger partial charge in [0, 0.05) is 35.9 Å². The standard InChI is InChI=1S/C21H17F2N5O/c22-14-5-6-18(16(23)11-14)27-21-25-10-8-19(28-21)20(29)24-9-7-13-12-26-17-4-2-1-3-15(13)17/h1-6,8,10-12,26H,7,9H2,(H,24,29)(H,25,27,28). The molecule has 3 N–H and O–H groups in total. The molecule has 8 heteroatoms. The van der Waals surface area contributed by atoms with Crippen LogP contribution in [-0.2, 0) is 6.42 Å². The summed E-state index contributed by atoms with van der Waals surface area (Å²) in [5.74, 6) is -1.78. The number of halogens is 2. The molecule has 0 aliphatic heterocycles. The number of carbonyl (C=O) groups is 1. The van der Waals surface area contributed by atoms with Crippen molar-refractivity contribution in [2.75, 3.05) is 11.9 Å². The van der Waals surface area contributed by atoms with Crippen molar-refractivity contribution in [3.8, 4) is 0 Å². The summed E-state index contributed by atoms with van der Waals surface area (Å²) < 4.78 is 26.8. The number of hydrogen-bond acceptors (Lipinski definition) is 4. The van der Waals surface area contributed by atoms with Crippen molar-refractivity contribution in [1.82, 2.24) is 20.3 Å². The summed E-state index contributed by atoms with van der Waals surface area (Å²) in [5, 5.41) is 6.58. The molecule has 0 atom stereocenters. The second-order valence-electron chi connectivity index (χ2n) is 6.38. The summed E-state index contributed by atoms with van der Waals surface area (Å²) in [6.45, 7) is 0.431. The number of H-pyrrole nitrogens is 1. The van der Waals surface area contributed by atoms with Crippen LogP contribution < -0.4 is 10.6 Å². The van der Waals surface area contributed by atoms with E-state index in [2.05, 4.69) is 25.6 Å². The molecule has 1 amide bonds. The fraction of sp³-hybridized carbons (Fsp3) is 0.0952. The zero-order chi connectivity index (χ0) is 20.2. The van der Waals surface area contributed by atoms with Gasteiger partial charge in [-0.3, -0.25) is 4.79 Å². The normalized spacial score (nSPS) is 10.8. The largest absolute Gasteiger partial charge is 0.361 e. The number of aromatic amines is 1. The first-order valence-corrected chi connectivity index (χ1v) is 8.98. The number of para-hydroxylation sites is 1. The molecule has 146 valence electrons. The lowest BCUT2D eigenvalue weighted by atomic mass is 10.1. The summed E-state index contributed by atoms with van der Waals surface area (Å²) in [7, 11) is 0. The van der Waals surface area contributed by atoms with Gasteiger partial charge in [0.1, 0.15) is 17.3 Å². The van der Waals surface area contributed by atoms with Crippen molar-refractivity contribution in [2.24, 2.45) is 0 Å². The number of fused-ring (bicyclic) bond motifs is 1. The summed E-state index contributed by atoms with van der Waals surface area (Å²) in [4.78, 5) is 23.7. The van der Waals surface area contributed by atoms with Gasteiger partial charge in [0.2, 0.25) is 5.95 Å². The zero-order valence-corrected chi connectivity index (χ0v) is 15.2. The lowest BCUT2D eigenvalue weighted by Gasteiger charge is -2.08. The van der Waals surface area contributed by atoms with Gasteiger partial charge in [-0.05, 0) is 36.2 Å². The third kappa shape index (κ3) is 4.21. The Kier molecular flexibility index (Phi) is 5.15. The highest BCUT2D eigenvalue weighted by Gasteiger charge is 2.11. The minimum atomic E-state index is -0.776. The number of hydrogen-bond donors (Lipinski definition) is 3. The van der Waals surface area contributed by atoms with E-state index in [-0.39, 0.29) is 23.2 Å². The quantitative estimate of drug-likeness (QED) is 0.463. The number of benzene rings is 2. The lowest BCUT2D eigenvalue weighted by molar-refractivity contribution is 0.0949. The van der Waals surface area contributed by atoms with Crippen molar-refractivity contribution in [2.45, 2.75) is 6.42 Å². The number of carbonyl (C=O) groups excluding carboxylic acids is 1. The second kappa shape index (κ2) is 8.05. The van der Waals surface area contributed by atoms with Crippen molar-refractivity contribution in [1.29, 1.82) is 0 Å². The van der Waals surface area contributed by atoms with Gasteiger partial charge < -0.3 is 15.6 Å². The van der Waals surface area contributed by atoms with Gasteiger partial charge in [0.25, 0.3) is 5.91 Å². The van der Waals surface area contributed by atoms with Crippen LogP contribution in [0.5, 0.6) is 0 Å². The minimum Gasteiger partial charge on any atom is -0.361 e. The smallest absolute Gasteiger partial charge is 0.270 e. The summed E-state index contributed by atoms with van der Waals surface area (Å²) >= 11 is 0. The number of nitrogens with zero attached hydrogens (tertiary/aromatic N) is 2. The number of anilines is 2. The molecule has 0 aliphatic rings. The Morgan fingerprint density at radius 3 is 2.83 bits per heavy atom. The van der Waals surface area contributed by atoms with Gasteiger partial charge in [-0.1, -0.05) is 18.2 Å². The maximum absolute atomic E-state index is 13.8. The maximum Gasteiger partial charge on any atom is 0.270 e. The Bertz CT molecular complexity index is 1170. The van der Waals surface area contributed by atoms with Gasteiger partial charge in [-0.2, -0.15) is 0 Å². The van der Waals surface area contributed by atoms with Gasteiger partial charge in [-0.15, -0.1) is 0 Å². The Hall–Kier alpha value is -3.81. The van der Waals surface area contributed by atoms with Crippen LogP contribution in [0.15, 0.2) is 60.9 Å². The minimum absolute atomic E-state index is 0.0169. The Morgan fingerprint density at radius 1 is 1.10 bits per heavy atom. The van der Waals surface area contributed by atoms with Gasteiger partial charge >= 0.3 is 0 Å². The monoisotopic (exact) mass is 393 g/mol. The number of nitrogens with one attached hydrogen (secondary N) is 3. The molecule has 29 heavy (non-hydrogen) atoms. The fourth-order valence-electron chi connectivity index (χ4n) is 3.00. The van der Waals surface area contributed by atoms with Crippen LogP contribution in [0.1, 0.15) is 16.1 Å². The Morgan fingerprint density at radius 2 is 1.97 bits per heavy atom. The molecular weight excluding hydrogens is 376 g/mol. The van der Waals surface area contributed by atoms with Crippen molar-refractivity contribution in [3.05, 3.63) is 83.8 Å². The van der Waals surface area contributed by atoms with E-state index in [1.165, 1.54) is 18.3 Å². The van der Waals surface area contributed by atoms with E-state index in [4.69, 9.17) is 0 Å². The Labute approximate surface area is 165 Å². The molecule has 2 aromatic carbocycles. The molecule has 0 saturated heterocycles. The highest BCUT2D eigenvalue weighted by molar-refractivity contribution is 5.92. The van der Waals surface area contributed by atoms with E-state index < -0.39 is 11.6 Å². The van der Waals surface area contributed by atoms with Gasteiger partial charge in [-0.25, -0.2) is 18.7 Å². The number of amides is 1. The maximum atomic E-state index is 13.8. The molecular formula is C21H17F2N5O. The first-order valence-electron chi connectivity index (χ1n) is 8.98. The van der Waals surface area contributed by atoms with Crippen molar-refractivity contribution >= 4 is 28.4 Å². The molecule has 0 spiro atoms. The topological polar surface area (TPSA) is 82.7 Å². The highest BCUT2D eigenvalue weighted by Crippen LogP contribution is 2.19. The third-order valence-electron chi connectivity index (χ3n) is 4.42. The molecule has 0 radical (unpaired) electrons. The average Bonchev–Trinajstić information content (AvgIpc) is 3.13. The third-order valence-corrected chi connectivity index (χ3v) is 4.42. The summed E-state index contributed by atoms with van der Waals surface area (Å²) in [6, 6.07) is 12.5. The van der Waals surface area contributed by atoms with Crippen LogP contribution in [0.4, 0.5) is 20.4 Å². The number of aromatic nitrogens is 3. The SMILES string of the molecule is O=C(NCCc1c[nH]c2ccccc12)c1ccnc(Nc2ccc(F)cc2F)n1. The van der Waals surface area contributed by atoms with Crippen LogP contribution in [0.3, 0.4) is 0 Å². The van der Waals surface area contributed by atoms with E-state index in [0.29, 0.717) is 13.0 Å². The van der Waals surface area contributed by atoms with Crippen LogP contribution in [0.2, 0.25) is 0 Å². The predicted molar refractivity (Wildman–Crippen MR) is 106 cm³/mol. The molecule has 0 saturated carbocycles. The first-order chi connectivity index (χ1) is 14.1. The highest BCUT2D eigenvalue weighted by atomic mass is 19.1. The molecule has 2 aromatic heterocycles. The van der Waals surface area contributed by atoms with Crippen molar-refractivity contribution in [3.63, 3.8) is 0 Å². The zero-order valence-electron chi connectivity index (χ0n) is 15.2. The van der Waals surface area contributed by atoms with E-state index in [1.807, 2.05) is 30.5 Å². The van der Waals surface area contributed by atoms with Gasteiger partial charge in [0.05, 0.1) is 5.69 Å². The van der Waals surface area contributed by atoms with Crippen LogP contribution >= 0.6 is 0 Å². The van der Waals surface area contributed by atoms with Crippen LogP contribution in [0.25, 0.3) is 10.9 Å². The molecule has 4 rings (SSSR count). The van der Waals surface area contributed by atoms with E-state index in [1.54, 1.807) is 0 Å². The first kappa shape index (κ1) is 18.5. The fourth-order valence-corrected chi connectivity index (χ4v) is 3.00. The molecule has 6 nitrogen and oxygen atoms in total. The summed E-state index contributed by atoms with van der Waals surface area (Å²) in [6.07, 6.45) is 3.98. The predicted octanol–water partition coefficient (Wildman–Crippen LogP) is 3.95. The molecule has 0 bridgehead atoms. The van der Waals surface area contributed by atoms with E-state index in [9.17, 15) is 13.6 Å². The molecule has 0 fully saturated rings. The summed E-state index contributed by atoms with van der Waals surface area (Å²) in [5.41, 5.74) is 2.32. The second-order valence-corrected chi connectivity index (χ2v) is 6.38. The molecule has 0 unspecified atom stereocenters. The number of rotatable bonds is 6. The average molecular weight is 393 g/mol. The van der Waals surface area contributed by atoms with Crippen LogP contribution in [-0.4, -0.2) is 27.4 Å². The van der Waals surface area contributed by atoms with Gasteiger partial charge in [0.15, 0.2) is 0 Å². The Balaban J connectivity index is 1.39. The molecule has 4 aromatic rings. The molecule has 2 heterocycles. The van der Waals surface area contributed by atoms with E-state index in [0.717, 1.165) is 28.6 Å². The lowest BCUT2D eigenvalue weighted by Crippen LogP contribution is -2.26.